The molecule has 60 heavy (non-hydrogen) atoms. The van der Waals surface area contributed by atoms with Gasteiger partial charge in [-0.1, -0.05) is 71.4 Å². The third-order valence-corrected chi connectivity index (χ3v) is 12.7. The van der Waals surface area contributed by atoms with Crippen LogP contribution in [0.1, 0.15) is 113 Å². The fourth-order valence-corrected chi connectivity index (χ4v) is 8.95. The zero-order valence-electron chi connectivity index (χ0n) is 38.6. The molecule has 0 aromatic heterocycles. The number of carbonyl (C=O) groups is 6. The Labute approximate surface area is 358 Å². The fraction of sp³-hybridized carbons (Fsp3) is 0.739. The smallest absolute Gasteiger partial charge is 0.411 e. The van der Waals surface area contributed by atoms with Crippen LogP contribution in [0.5, 0.6) is 0 Å². The van der Waals surface area contributed by atoms with Crippen LogP contribution < -0.4 is 5.32 Å². The molecule has 14 nitrogen and oxygen atoms in total. The molecule has 0 bridgehead atoms. The molecule has 0 radical (unpaired) electrons. The first-order chi connectivity index (χ1) is 28.1. The van der Waals surface area contributed by atoms with Crippen molar-refractivity contribution in [2.24, 2.45) is 23.7 Å². The van der Waals surface area contributed by atoms with E-state index in [9.17, 15) is 28.8 Å². The molecule has 9 atom stereocenters. The number of ether oxygens (including phenoxy) is 4. The summed E-state index contributed by atoms with van der Waals surface area (Å²) in [6.45, 7) is 17.6. The monoisotopic (exact) mass is 843 g/mol. The predicted molar refractivity (Wildman–Crippen MR) is 229 cm³/mol. The van der Waals surface area contributed by atoms with Gasteiger partial charge in [0.2, 0.25) is 17.7 Å². The largest absolute Gasteiger partial charge is 0.467 e. The van der Waals surface area contributed by atoms with Crippen molar-refractivity contribution in [3.8, 4) is 0 Å². The van der Waals surface area contributed by atoms with Gasteiger partial charge in [0.05, 0.1) is 43.7 Å². The highest BCUT2D eigenvalue weighted by molar-refractivity contribution is 5.95. The number of hydrogen-bond acceptors (Lipinski definition) is 10. The first kappa shape index (κ1) is 50.3. The molecule has 0 unspecified atom stereocenters. The fourth-order valence-electron chi connectivity index (χ4n) is 8.95. The average molecular weight is 843 g/mol. The Morgan fingerprint density at radius 3 is 2.13 bits per heavy atom. The van der Waals surface area contributed by atoms with E-state index in [1.54, 1.807) is 58.6 Å². The second kappa shape index (κ2) is 22.2. The van der Waals surface area contributed by atoms with E-state index in [0.29, 0.717) is 45.2 Å². The van der Waals surface area contributed by atoms with E-state index in [-0.39, 0.29) is 48.7 Å². The van der Waals surface area contributed by atoms with Crippen molar-refractivity contribution >= 4 is 35.6 Å². The highest BCUT2D eigenvalue weighted by Crippen LogP contribution is 2.36. The van der Waals surface area contributed by atoms with Crippen molar-refractivity contribution in [2.45, 2.75) is 155 Å². The molecule has 1 aromatic rings. The molecule has 2 aliphatic rings. The number of esters is 1. The first-order valence-electron chi connectivity index (χ1n) is 21.7. The van der Waals surface area contributed by atoms with E-state index in [1.165, 1.54) is 19.1 Å². The Hall–Kier alpha value is -4.04. The minimum absolute atomic E-state index is 0.0215. The van der Waals surface area contributed by atoms with Crippen LogP contribution in [0.4, 0.5) is 4.79 Å². The van der Waals surface area contributed by atoms with E-state index in [1.807, 2.05) is 58.0 Å². The molecule has 0 spiro atoms. The Balaban J connectivity index is 1.79. The van der Waals surface area contributed by atoms with Crippen LogP contribution in [0, 0.1) is 23.7 Å². The molecule has 2 heterocycles. The van der Waals surface area contributed by atoms with E-state index < -0.39 is 71.3 Å². The molecular weight excluding hydrogens is 769 g/mol. The van der Waals surface area contributed by atoms with Crippen molar-refractivity contribution < 1.29 is 47.7 Å². The number of amides is 4. The lowest BCUT2D eigenvalue weighted by molar-refractivity contribution is -0.150. The van der Waals surface area contributed by atoms with E-state index >= 15 is 0 Å². The predicted octanol–water partition coefficient (Wildman–Crippen LogP) is 5.83. The van der Waals surface area contributed by atoms with Gasteiger partial charge in [0.25, 0.3) is 0 Å². The highest BCUT2D eigenvalue weighted by atomic mass is 16.6. The van der Waals surface area contributed by atoms with Crippen LogP contribution in [0.2, 0.25) is 0 Å². The Bertz CT molecular complexity index is 1620. The molecule has 4 amide bonds. The first-order valence-corrected chi connectivity index (χ1v) is 21.7. The number of hydrogen-bond donors (Lipinski definition) is 1. The maximum absolute atomic E-state index is 14.6. The van der Waals surface area contributed by atoms with Gasteiger partial charge >= 0.3 is 12.1 Å². The second-order valence-electron chi connectivity index (χ2n) is 18.4. The summed E-state index contributed by atoms with van der Waals surface area (Å²) in [5.41, 5.74) is -0.949. The number of nitrogens with zero attached hydrogens (tertiary/aromatic N) is 3. The highest BCUT2D eigenvalue weighted by Gasteiger charge is 2.49. The normalized spacial score (nSPS) is 21.7. The van der Waals surface area contributed by atoms with E-state index in [4.69, 9.17) is 18.9 Å². The van der Waals surface area contributed by atoms with Crippen molar-refractivity contribution in [2.75, 3.05) is 41.5 Å². The van der Waals surface area contributed by atoms with Crippen LogP contribution in [-0.2, 0) is 49.3 Å². The molecule has 2 saturated heterocycles. The minimum atomic E-state index is -1.10. The maximum atomic E-state index is 14.6. The van der Waals surface area contributed by atoms with Gasteiger partial charge in [0.15, 0.2) is 5.78 Å². The maximum Gasteiger partial charge on any atom is 0.411 e. The Morgan fingerprint density at radius 1 is 0.933 bits per heavy atom. The van der Waals surface area contributed by atoms with Gasteiger partial charge in [-0.25, -0.2) is 9.59 Å². The molecule has 14 heteroatoms. The molecule has 0 aliphatic carbocycles. The number of carbonyl (C=O) groups excluding carboxylic acids is 6. The number of likely N-dealkylation sites (N-methyl/N-ethyl adjacent to an activating group) is 1. The molecule has 2 fully saturated rings. The number of ketones is 1. The van der Waals surface area contributed by atoms with Crippen molar-refractivity contribution in [3.63, 3.8) is 0 Å². The molecule has 2 aliphatic heterocycles. The van der Waals surface area contributed by atoms with Crippen molar-refractivity contribution in [3.05, 3.63) is 35.9 Å². The second-order valence-corrected chi connectivity index (χ2v) is 18.4. The summed E-state index contributed by atoms with van der Waals surface area (Å²) in [6.07, 6.45) is 1.47. The summed E-state index contributed by atoms with van der Waals surface area (Å²) in [4.78, 5) is 87.6. The summed E-state index contributed by atoms with van der Waals surface area (Å²) in [6, 6.07) is 7.53. The third kappa shape index (κ3) is 12.5. The van der Waals surface area contributed by atoms with Crippen LogP contribution >= 0.6 is 0 Å². The van der Waals surface area contributed by atoms with E-state index in [2.05, 4.69) is 5.32 Å². The van der Waals surface area contributed by atoms with Gasteiger partial charge in [-0.15, -0.1) is 0 Å². The van der Waals surface area contributed by atoms with Gasteiger partial charge in [0.1, 0.15) is 17.2 Å². The lowest BCUT2D eigenvalue weighted by Gasteiger charge is -2.41. The summed E-state index contributed by atoms with van der Waals surface area (Å²) in [5, 5.41) is 2.86. The molecule has 338 valence electrons. The van der Waals surface area contributed by atoms with Crippen LogP contribution in [0.15, 0.2) is 30.3 Å². The van der Waals surface area contributed by atoms with Gasteiger partial charge in [0, 0.05) is 53.1 Å². The summed E-state index contributed by atoms with van der Waals surface area (Å²) in [7, 11) is 6.07. The van der Waals surface area contributed by atoms with Gasteiger partial charge in [-0.3, -0.25) is 24.1 Å². The lowest BCUT2D eigenvalue weighted by Crippen LogP contribution is -2.55. The third-order valence-electron chi connectivity index (χ3n) is 12.7. The lowest BCUT2D eigenvalue weighted by atomic mass is 9.81. The number of rotatable bonds is 20. The summed E-state index contributed by atoms with van der Waals surface area (Å²) < 4.78 is 22.7. The number of methoxy groups -OCH3 is 3. The van der Waals surface area contributed by atoms with Gasteiger partial charge in [-0.2, -0.15) is 0 Å². The average Bonchev–Trinajstić information content (AvgIpc) is 3.86. The topological polar surface area (TPSA) is 161 Å². The standard InChI is InChI=1S/C46H74N4O10/c1-14-30(4)39(48(10)42(54)33(29(2)3)27-37(51)46(9)23-19-25-50(46)44(56)60-45(6,7)8)36(57-11)28-38(52)49-24-18-22-35(49)40(58-12)31(5)41(53)47-34(43(55)59-13)26-32-20-16-15-17-21-32/h15-17,20-21,29-31,33-36,39-40H,14,18-19,22-28H2,1-13H3,(H,47,53)/t30-,31+,33-,34-,35-,36+,39-,40+,46-/m0/s1. The molecule has 3 rings (SSSR count). The molecule has 1 aromatic carbocycles. The molecule has 1 N–H and O–H groups in total. The minimum Gasteiger partial charge on any atom is -0.467 e. The van der Waals surface area contributed by atoms with Gasteiger partial charge in [-0.05, 0) is 70.8 Å². The number of benzene rings is 1. The van der Waals surface area contributed by atoms with Crippen LogP contribution in [0.25, 0.3) is 0 Å². The Kier molecular flexibility index (Phi) is 18.6. The zero-order chi connectivity index (χ0) is 45.1. The van der Waals surface area contributed by atoms with Crippen LogP contribution in [0.3, 0.4) is 0 Å². The van der Waals surface area contributed by atoms with Crippen molar-refractivity contribution in [1.29, 1.82) is 0 Å². The number of likely N-dealkylation sites (tertiary alicyclic amines) is 2. The zero-order valence-corrected chi connectivity index (χ0v) is 38.6. The van der Waals surface area contributed by atoms with E-state index in [0.717, 1.165) is 5.56 Å². The molecular formula is C46H74N4O10. The van der Waals surface area contributed by atoms with Crippen LogP contribution in [-0.4, -0.2) is 133 Å². The number of Topliss-reactive ketones (excluding diaryl/α,β-unsaturated/α-hetero) is 1. The summed E-state index contributed by atoms with van der Waals surface area (Å²) >= 11 is 0. The Morgan fingerprint density at radius 2 is 1.58 bits per heavy atom. The number of nitrogens with one attached hydrogen (secondary N) is 1. The van der Waals surface area contributed by atoms with Gasteiger partial charge < -0.3 is 34.1 Å². The summed E-state index contributed by atoms with van der Waals surface area (Å²) in [5.74, 6) is -3.20. The SMILES string of the molecule is CC[C@H](C)[C@@H]([C@@H](CC(=O)N1CCC[C@H]1[C@H](OC)[C@@H](C)C(=O)N[C@@H](Cc1ccccc1)C(=O)OC)OC)N(C)C(=O)[C@@H](CC(=O)[C@]1(C)CCCN1C(=O)OC(C)(C)C)C(C)C. The van der Waals surface area contributed by atoms with Crippen molar-refractivity contribution in [1.82, 2.24) is 20.0 Å². The quantitative estimate of drug-likeness (QED) is 0.158. The molecule has 0 saturated carbocycles.